The van der Waals surface area contributed by atoms with Crippen LogP contribution in [0.15, 0.2) is 12.7 Å². The number of carbonyl (C=O) groups excluding carboxylic acids is 5. The van der Waals surface area contributed by atoms with E-state index in [0.29, 0.717) is 45.3 Å². The molecule has 0 aromatic heterocycles. The Bertz CT molecular complexity index is 1220. The number of ketones is 1. The van der Waals surface area contributed by atoms with Crippen LogP contribution in [0.2, 0.25) is 0 Å². The standard InChI is InChI=1S/C30H49N7O7S/c1-3-14-31-28(40)26(38)23(20-21-12-13-21)33-27(39)24-11-7-18-37(24)29(41)25(22-9-5-4-6-10-22)34-30(42)32-15-19-36-17-8-16-35(2)45(36,43)44/h3,21-25H,1,4-20H2,2H3,(H,31,40)(H,33,39)(H2,32,34,42)/t23?,24-,25-/m0/s1. The van der Waals surface area contributed by atoms with Crippen molar-refractivity contribution >= 4 is 39.7 Å². The summed E-state index contributed by atoms with van der Waals surface area (Å²) in [5, 5.41) is 10.8. The Morgan fingerprint density at radius 3 is 2.31 bits per heavy atom. The Labute approximate surface area is 266 Å². The van der Waals surface area contributed by atoms with Crippen molar-refractivity contribution in [1.29, 1.82) is 0 Å². The molecule has 4 aliphatic rings. The molecule has 3 atom stereocenters. The van der Waals surface area contributed by atoms with Crippen LogP contribution in [0.4, 0.5) is 4.79 Å². The van der Waals surface area contributed by atoms with Gasteiger partial charge in [0.05, 0.1) is 6.04 Å². The maximum Gasteiger partial charge on any atom is 0.315 e. The SMILES string of the molecule is C=CCNC(=O)C(=O)C(CC1CC1)NC(=O)[C@@H]1CCCN1C(=O)[C@@H](NC(=O)NCCN1CCCN(C)S1(=O)=O)C1CCCCC1. The van der Waals surface area contributed by atoms with Crippen LogP contribution in [-0.2, 0) is 29.4 Å². The van der Waals surface area contributed by atoms with Gasteiger partial charge in [0, 0.05) is 46.3 Å². The molecule has 2 aliphatic carbocycles. The third kappa shape index (κ3) is 9.26. The Morgan fingerprint density at radius 2 is 1.62 bits per heavy atom. The van der Waals surface area contributed by atoms with Crippen LogP contribution in [0.5, 0.6) is 0 Å². The van der Waals surface area contributed by atoms with Gasteiger partial charge in [-0.1, -0.05) is 38.2 Å². The van der Waals surface area contributed by atoms with Crippen LogP contribution in [0.3, 0.4) is 0 Å². The van der Waals surface area contributed by atoms with Gasteiger partial charge in [-0.3, -0.25) is 19.2 Å². The van der Waals surface area contributed by atoms with Gasteiger partial charge in [-0.05, 0) is 50.4 Å². The molecule has 0 spiro atoms. The van der Waals surface area contributed by atoms with Gasteiger partial charge in [0.15, 0.2) is 0 Å². The number of nitrogens with zero attached hydrogens (tertiary/aromatic N) is 3. The van der Waals surface area contributed by atoms with E-state index in [9.17, 15) is 32.4 Å². The predicted octanol–water partition coefficient (Wildman–Crippen LogP) is 0.264. The Balaban J connectivity index is 1.39. The topological polar surface area (TPSA) is 177 Å². The van der Waals surface area contributed by atoms with Gasteiger partial charge in [-0.15, -0.1) is 6.58 Å². The first-order valence-corrected chi connectivity index (χ1v) is 17.7. The fourth-order valence-corrected chi connectivity index (χ4v) is 7.97. The van der Waals surface area contributed by atoms with Crippen molar-refractivity contribution in [2.24, 2.45) is 11.8 Å². The summed E-state index contributed by atoms with van der Waals surface area (Å²) in [5.74, 6) is -2.15. The average Bonchev–Trinajstić information content (AvgIpc) is 3.71. The highest BCUT2D eigenvalue weighted by Crippen LogP contribution is 2.34. The molecule has 0 radical (unpaired) electrons. The van der Waals surface area contributed by atoms with Gasteiger partial charge in [0.2, 0.25) is 17.6 Å². The minimum atomic E-state index is -3.56. The molecule has 0 aromatic carbocycles. The summed E-state index contributed by atoms with van der Waals surface area (Å²) in [4.78, 5) is 67.4. The van der Waals surface area contributed by atoms with E-state index in [-0.39, 0.29) is 37.4 Å². The molecule has 45 heavy (non-hydrogen) atoms. The smallest absolute Gasteiger partial charge is 0.315 e. The molecule has 4 rings (SSSR count). The predicted molar refractivity (Wildman–Crippen MR) is 167 cm³/mol. The highest BCUT2D eigenvalue weighted by molar-refractivity contribution is 7.86. The molecule has 252 valence electrons. The van der Waals surface area contributed by atoms with E-state index < -0.39 is 52.0 Å². The minimum Gasteiger partial charge on any atom is -0.346 e. The summed E-state index contributed by atoms with van der Waals surface area (Å²) in [6.07, 6.45) is 9.84. The molecule has 4 N–H and O–H groups in total. The second-order valence-corrected chi connectivity index (χ2v) is 14.7. The van der Waals surface area contributed by atoms with Gasteiger partial charge in [-0.2, -0.15) is 17.0 Å². The Kier molecular flexibility index (Phi) is 12.4. The van der Waals surface area contributed by atoms with E-state index in [2.05, 4.69) is 27.8 Å². The van der Waals surface area contributed by atoms with E-state index >= 15 is 0 Å². The first-order chi connectivity index (χ1) is 21.5. The zero-order valence-corrected chi connectivity index (χ0v) is 27.1. The number of carbonyl (C=O) groups is 5. The van der Waals surface area contributed by atoms with Crippen molar-refractivity contribution in [2.45, 2.75) is 88.8 Å². The van der Waals surface area contributed by atoms with Crippen molar-refractivity contribution in [2.75, 3.05) is 46.3 Å². The zero-order chi connectivity index (χ0) is 32.6. The van der Waals surface area contributed by atoms with Crippen LogP contribution in [0, 0.1) is 11.8 Å². The summed E-state index contributed by atoms with van der Waals surface area (Å²) in [7, 11) is -2.03. The fourth-order valence-electron chi connectivity index (χ4n) is 6.54. The van der Waals surface area contributed by atoms with Crippen LogP contribution in [-0.4, -0.2) is 116 Å². The molecule has 2 aliphatic heterocycles. The number of nitrogens with one attached hydrogen (secondary N) is 4. The van der Waals surface area contributed by atoms with Crippen molar-refractivity contribution in [3.05, 3.63) is 12.7 Å². The molecule has 14 nitrogen and oxygen atoms in total. The number of amides is 5. The third-order valence-corrected chi connectivity index (χ3v) is 11.3. The molecule has 2 saturated carbocycles. The summed E-state index contributed by atoms with van der Waals surface area (Å²) in [6, 6.07) is -3.21. The molecule has 4 fully saturated rings. The van der Waals surface area contributed by atoms with E-state index in [4.69, 9.17) is 0 Å². The normalized spacial score (nSPS) is 23.8. The fraction of sp³-hybridized carbons (Fsp3) is 0.767. The van der Waals surface area contributed by atoms with Crippen LogP contribution < -0.4 is 21.3 Å². The molecule has 5 amide bonds. The first-order valence-electron chi connectivity index (χ1n) is 16.3. The maximum absolute atomic E-state index is 14.0. The molecular weight excluding hydrogens is 602 g/mol. The number of urea groups is 1. The maximum atomic E-state index is 14.0. The lowest BCUT2D eigenvalue weighted by Gasteiger charge is -2.35. The molecule has 15 heteroatoms. The number of rotatable bonds is 14. The summed E-state index contributed by atoms with van der Waals surface area (Å²) in [5.41, 5.74) is 0. The van der Waals surface area contributed by atoms with E-state index in [1.54, 1.807) is 0 Å². The van der Waals surface area contributed by atoms with Crippen LogP contribution >= 0.6 is 0 Å². The van der Waals surface area contributed by atoms with Gasteiger partial charge < -0.3 is 26.2 Å². The van der Waals surface area contributed by atoms with Gasteiger partial charge in [0.25, 0.3) is 16.1 Å². The first kappa shape index (κ1) is 34.8. The van der Waals surface area contributed by atoms with Gasteiger partial charge in [-0.25, -0.2) is 4.79 Å². The highest BCUT2D eigenvalue weighted by Gasteiger charge is 2.42. The highest BCUT2D eigenvalue weighted by atomic mass is 32.2. The summed E-state index contributed by atoms with van der Waals surface area (Å²) < 4.78 is 27.7. The average molecular weight is 652 g/mol. The molecule has 2 saturated heterocycles. The molecular formula is C30H49N7O7S. The molecule has 0 bridgehead atoms. The van der Waals surface area contributed by atoms with E-state index in [0.717, 1.165) is 44.9 Å². The quantitative estimate of drug-likeness (QED) is 0.154. The zero-order valence-electron chi connectivity index (χ0n) is 26.3. The van der Waals surface area contributed by atoms with Gasteiger partial charge in [0.1, 0.15) is 12.1 Å². The number of likely N-dealkylation sites (tertiary alicyclic amines) is 1. The second-order valence-electron chi connectivity index (χ2n) is 12.7. The van der Waals surface area contributed by atoms with Crippen LogP contribution in [0.25, 0.3) is 0 Å². The lowest BCUT2D eigenvalue weighted by Crippen LogP contribution is -2.59. The minimum absolute atomic E-state index is 0.0794. The molecule has 2 heterocycles. The Morgan fingerprint density at radius 1 is 0.889 bits per heavy atom. The lowest BCUT2D eigenvalue weighted by atomic mass is 9.83. The van der Waals surface area contributed by atoms with Crippen molar-refractivity contribution in [3.8, 4) is 0 Å². The molecule has 0 aromatic rings. The van der Waals surface area contributed by atoms with Crippen molar-refractivity contribution in [1.82, 2.24) is 34.8 Å². The Hall–Kier alpha value is -3.04. The second kappa shape index (κ2) is 16.0. The van der Waals surface area contributed by atoms with Gasteiger partial charge >= 0.3 is 6.03 Å². The molecule has 1 unspecified atom stereocenters. The van der Waals surface area contributed by atoms with Crippen LogP contribution in [0.1, 0.15) is 70.6 Å². The summed E-state index contributed by atoms with van der Waals surface area (Å²) in [6.45, 7) is 5.04. The van der Waals surface area contributed by atoms with E-state index in [1.807, 2.05) is 0 Å². The van der Waals surface area contributed by atoms with E-state index in [1.165, 1.54) is 26.6 Å². The monoisotopic (exact) mass is 651 g/mol. The number of hydrogen-bond donors (Lipinski definition) is 4. The third-order valence-electron chi connectivity index (χ3n) is 9.29. The van der Waals surface area contributed by atoms with Crippen molar-refractivity contribution in [3.63, 3.8) is 0 Å². The number of Topliss-reactive ketones (excluding diaryl/α,β-unsaturated/α-hetero) is 1. The lowest BCUT2D eigenvalue weighted by molar-refractivity contribution is -0.143. The van der Waals surface area contributed by atoms with Crippen molar-refractivity contribution < 1.29 is 32.4 Å². The summed E-state index contributed by atoms with van der Waals surface area (Å²) >= 11 is 0. The largest absolute Gasteiger partial charge is 0.346 e. The number of hydrogen-bond acceptors (Lipinski definition) is 7.